The van der Waals surface area contributed by atoms with Crippen molar-refractivity contribution in [2.45, 2.75) is 29.6 Å². The van der Waals surface area contributed by atoms with Gasteiger partial charge >= 0.3 is 0 Å². The second-order valence-electron chi connectivity index (χ2n) is 7.58. The first-order valence-electron chi connectivity index (χ1n) is 10.3. The number of nitrogens with zero attached hydrogens (tertiary/aromatic N) is 3. The van der Waals surface area contributed by atoms with Crippen molar-refractivity contribution in [1.29, 1.82) is 0 Å². The average Bonchev–Trinajstić information content (AvgIpc) is 3.57. The zero-order valence-corrected chi connectivity index (χ0v) is 19.6. The summed E-state index contributed by atoms with van der Waals surface area (Å²) in [4.78, 5) is 20.2. The average molecular weight is 484 g/mol. The summed E-state index contributed by atoms with van der Waals surface area (Å²) < 4.78 is 29.1. The van der Waals surface area contributed by atoms with Crippen LogP contribution in [-0.2, 0) is 21.4 Å². The number of sulfonamides is 1. The third-order valence-electron chi connectivity index (χ3n) is 5.51. The molecule has 0 N–H and O–H groups in total. The lowest BCUT2D eigenvalue weighted by Gasteiger charge is -2.28. The monoisotopic (exact) mass is 483 g/mol. The van der Waals surface area contributed by atoms with Gasteiger partial charge in [0.25, 0.3) is 10.0 Å². The molecule has 6 nitrogen and oxygen atoms in total. The van der Waals surface area contributed by atoms with Crippen molar-refractivity contribution in [2.24, 2.45) is 0 Å². The van der Waals surface area contributed by atoms with E-state index in [-0.39, 0.29) is 10.1 Å². The molecule has 4 aromatic rings. The van der Waals surface area contributed by atoms with Crippen LogP contribution in [0, 0.1) is 0 Å². The topological polar surface area (TPSA) is 70.6 Å². The maximum Gasteiger partial charge on any atom is 0.253 e. The molecule has 2 aromatic carbocycles. The fourth-order valence-corrected chi connectivity index (χ4v) is 7.70. The minimum atomic E-state index is -3.72. The zero-order chi connectivity index (χ0) is 22.1. The van der Waals surface area contributed by atoms with E-state index in [1.54, 1.807) is 22.4 Å². The Morgan fingerprint density at radius 2 is 1.84 bits per heavy atom. The molecule has 1 atom stereocenters. The van der Waals surface area contributed by atoms with E-state index < -0.39 is 16.1 Å². The van der Waals surface area contributed by atoms with Crippen LogP contribution in [0.3, 0.4) is 0 Å². The van der Waals surface area contributed by atoms with Crippen molar-refractivity contribution in [1.82, 2.24) is 9.29 Å². The summed E-state index contributed by atoms with van der Waals surface area (Å²) in [6, 6.07) is 20.0. The lowest BCUT2D eigenvalue weighted by Crippen LogP contribution is -2.47. The van der Waals surface area contributed by atoms with Crippen LogP contribution >= 0.6 is 22.7 Å². The van der Waals surface area contributed by atoms with Crippen LogP contribution in [0.25, 0.3) is 10.2 Å². The van der Waals surface area contributed by atoms with Crippen LogP contribution in [0.4, 0.5) is 5.13 Å². The minimum absolute atomic E-state index is 0.231. The second-order valence-corrected chi connectivity index (χ2v) is 11.7. The molecular formula is C23H21N3O3S3. The molecule has 32 heavy (non-hydrogen) atoms. The van der Waals surface area contributed by atoms with Gasteiger partial charge in [0.05, 0.1) is 16.8 Å². The molecule has 3 heterocycles. The van der Waals surface area contributed by atoms with Gasteiger partial charge in [-0.15, -0.1) is 11.3 Å². The Bertz CT molecular complexity index is 1300. The summed E-state index contributed by atoms with van der Waals surface area (Å²) >= 11 is 2.62. The van der Waals surface area contributed by atoms with E-state index in [0.29, 0.717) is 31.1 Å². The Balaban J connectivity index is 1.52. The number of carbonyl (C=O) groups is 1. The lowest BCUT2D eigenvalue weighted by atomic mass is 10.1. The first kappa shape index (κ1) is 21.3. The van der Waals surface area contributed by atoms with E-state index in [0.717, 1.165) is 15.8 Å². The van der Waals surface area contributed by atoms with Gasteiger partial charge in [0, 0.05) is 6.54 Å². The Morgan fingerprint density at radius 1 is 1.06 bits per heavy atom. The predicted molar refractivity (Wildman–Crippen MR) is 128 cm³/mol. The number of aromatic nitrogens is 1. The number of anilines is 1. The maximum absolute atomic E-state index is 13.8. The zero-order valence-electron chi connectivity index (χ0n) is 17.1. The van der Waals surface area contributed by atoms with Crippen LogP contribution < -0.4 is 4.90 Å². The largest absolute Gasteiger partial charge is 0.282 e. The number of hydrogen-bond acceptors (Lipinski definition) is 6. The van der Waals surface area contributed by atoms with Crippen molar-refractivity contribution in [3.05, 3.63) is 77.7 Å². The standard InChI is InChI=1S/C23H21N3O3S3/c27-22(19-11-6-14-26(19)32(28,29)21-13-7-15-30-21)25(16-17-8-2-1-3-9-17)23-24-18-10-4-5-12-20(18)31-23/h1-5,7-10,12-13,15,19H,6,11,14,16H2/t19-/m0/s1. The normalized spacial score (nSPS) is 17.1. The van der Waals surface area contributed by atoms with Crippen LogP contribution in [-0.4, -0.2) is 36.2 Å². The molecule has 1 amide bonds. The Hall–Kier alpha value is -2.59. The summed E-state index contributed by atoms with van der Waals surface area (Å²) in [5, 5.41) is 2.32. The third kappa shape index (κ3) is 3.97. The van der Waals surface area contributed by atoms with Crippen LogP contribution in [0.5, 0.6) is 0 Å². The minimum Gasteiger partial charge on any atom is -0.282 e. The van der Waals surface area contributed by atoms with Crippen LogP contribution in [0.2, 0.25) is 0 Å². The van der Waals surface area contributed by atoms with Crippen molar-refractivity contribution in [2.75, 3.05) is 11.4 Å². The van der Waals surface area contributed by atoms with Crippen molar-refractivity contribution in [3.63, 3.8) is 0 Å². The van der Waals surface area contributed by atoms with E-state index in [2.05, 4.69) is 0 Å². The molecule has 9 heteroatoms. The summed E-state index contributed by atoms with van der Waals surface area (Å²) in [5.74, 6) is -0.231. The molecular weight excluding hydrogens is 462 g/mol. The molecule has 1 saturated heterocycles. The van der Waals surface area contributed by atoms with Crippen LogP contribution in [0.15, 0.2) is 76.3 Å². The smallest absolute Gasteiger partial charge is 0.253 e. The molecule has 0 radical (unpaired) electrons. The fourth-order valence-electron chi connectivity index (χ4n) is 3.96. The first-order chi connectivity index (χ1) is 15.5. The van der Waals surface area contributed by atoms with Gasteiger partial charge in [0.1, 0.15) is 10.3 Å². The molecule has 0 unspecified atom stereocenters. The summed E-state index contributed by atoms with van der Waals surface area (Å²) in [6.07, 6.45) is 1.15. The number of hydrogen-bond donors (Lipinski definition) is 0. The molecule has 2 aromatic heterocycles. The van der Waals surface area contributed by atoms with Gasteiger partial charge in [-0.2, -0.15) is 4.31 Å². The Labute approximate surface area is 194 Å². The number of thiazole rings is 1. The summed E-state index contributed by atoms with van der Waals surface area (Å²) in [5.41, 5.74) is 1.79. The van der Waals surface area contributed by atoms with Crippen molar-refractivity contribution >= 4 is 54.0 Å². The van der Waals surface area contributed by atoms with Gasteiger partial charge in [-0.25, -0.2) is 13.4 Å². The predicted octanol–water partition coefficient (Wildman–Crippen LogP) is 4.74. The molecule has 0 spiro atoms. The maximum atomic E-state index is 13.8. The number of amides is 1. The van der Waals surface area contributed by atoms with Gasteiger partial charge in [0.2, 0.25) is 5.91 Å². The van der Waals surface area contributed by atoms with Gasteiger partial charge in [-0.05, 0) is 42.0 Å². The Morgan fingerprint density at radius 3 is 2.59 bits per heavy atom. The highest BCUT2D eigenvalue weighted by Crippen LogP contribution is 2.34. The highest BCUT2D eigenvalue weighted by atomic mass is 32.2. The molecule has 5 rings (SSSR count). The number of thiophene rings is 1. The fraction of sp³-hybridized carbons (Fsp3) is 0.217. The molecule has 0 saturated carbocycles. The van der Waals surface area contributed by atoms with E-state index in [4.69, 9.17) is 4.98 Å². The molecule has 1 fully saturated rings. The summed E-state index contributed by atoms with van der Waals surface area (Å²) in [7, 11) is -3.72. The molecule has 0 bridgehead atoms. The van der Waals surface area contributed by atoms with Crippen molar-refractivity contribution in [3.8, 4) is 0 Å². The molecule has 0 aliphatic carbocycles. The number of carbonyl (C=O) groups excluding carboxylic acids is 1. The van der Waals surface area contributed by atoms with Gasteiger partial charge in [-0.3, -0.25) is 9.69 Å². The van der Waals surface area contributed by atoms with Gasteiger partial charge in [0.15, 0.2) is 5.13 Å². The number of benzene rings is 2. The number of para-hydroxylation sites is 1. The van der Waals surface area contributed by atoms with Gasteiger partial charge in [-0.1, -0.05) is 59.9 Å². The van der Waals surface area contributed by atoms with Crippen molar-refractivity contribution < 1.29 is 13.2 Å². The van der Waals surface area contributed by atoms with Gasteiger partial charge < -0.3 is 0 Å². The SMILES string of the molecule is O=C([C@@H]1CCCN1S(=O)(=O)c1cccs1)N(Cc1ccccc1)c1nc2ccccc2s1. The number of rotatable bonds is 6. The van der Waals surface area contributed by atoms with E-state index >= 15 is 0 Å². The number of fused-ring (bicyclic) bond motifs is 1. The first-order valence-corrected chi connectivity index (χ1v) is 13.4. The molecule has 1 aliphatic heterocycles. The summed E-state index contributed by atoms with van der Waals surface area (Å²) in [6.45, 7) is 0.679. The third-order valence-corrected chi connectivity index (χ3v) is 9.85. The Kier molecular flexibility index (Phi) is 5.81. The van der Waals surface area contributed by atoms with E-state index in [1.165, 1.54) is 27.0 Å². The lowest BCUT2D eigenvalue weighted by molar-refractivity contribution is -0.121. The second kappa shape index (κ2) is 8.74. The van der Waals surface area contributed by atoms with Crippen LogP contribution in [0.1, 0.15) is 18.4 Å². The van der Waals surface area contributed by atoms with E-state index in [9.17, 15) is 13.2 Å². The molecule has 1 aliphatic rings. The quantitative estimate of drug-likeness (QED) is 0.397. The van der Waals surface area contributed by atoms with E-state index in [1.807, 2.05) is 54.6 Å². The highest BCUT2D eigenvalue weighted by molar-refractivity contribution is 7.91. The molecule has 164 valence electrons. The highest BCUT2D eigenvalue weighted by Gasteiger charge is 2.42.